The first-order chi connectivity index (χ1) is 12.0. The SMILES string of the molecule is CN(C)CCOC1COCCC1NC(=O)C1(c2ccccc2F)CC1. The second-order valence-corrected chi connectivity index (χ2v) is 7.22. The summed E-state index contributed by atoms with van der Waals surface area (Å²) in [6.45, 7) is 2.48. The standard InChI is InChI=1S/C19H27FN2O3/c1-22(2)10-12-25-17-13-24-11-7-16(17)21-18(23)19(8-9-19)14-5-3-4-6-15(14)20/h3-6,16-17H,7-13H2,1-2H3,(H,21,23). The van der Waals surface area contributed by atoms with E-state index < -0.39 is 5.41 Å². The van der Waals surface area contributed by atoms with Crippen LogP contribution in [-0.4, -0.2) is 63.4 Å². The van der Waals surface area contributed by atoms with Crippen molar-refractivity contribution in [3.05, 3.63) is 35.6 Å². The van der Waals surface area contributed by atoms with Crippen molar-refractivity contribution < 1.29 is 18.7 Å². The Hall–Kier alpha value is -1.50. The summed E-state index contributed by atoms with van der Waals surface area (Å²) < 4.78 is 25.6. The van der Waals surface area contributed by atoms with Crippen molar-refractivity contribution in [3.63, 3.8) is 0 Å². The van der Waals surface area contributed by atoms with Gasteiger partial charge < -0.3 is 19.7 Å². The summed E-state index contributed by atoms with van der Waals surface area (Å²) in [5.41, 5.74) is -0.206. The zero-order chi connectivity index (χ0) is 17.9. The van der Waals surface area contributed by atoms with E-state index in [1.165, 1.54) is 6.07 Å². The van der Waals surface area contributed by atoms with Crippen LogP contribution in [0.25, 0.3) is 0 Å². The number of likely N-dealkylation sites (N-methyl/N-ethyl adjacent to an activating group) is 1. The molecule has 0 spiro atoms. The van der Waals surface area contributed by atoms with E-state index in [-0.39, 0.29) is 23.9 Å². The number of carbonyl (C=O) groups excluding carboxylic acids is 1. The van der Waals surface area contributed by atoms with Crippen LogP contribution < -0.4 is 5.32 Å². The molecule has 1 aromatic rings. The molecule has 1 heterocycles. The normalized spacial score (nSPS) is 25.0. The zero-order valence-corrected chi connectivity index (χ0v) is 15.0. The summed E-state index contributed by atoms with van der Waals surface area (Å²) in [6, 6.07) is 6.49. The molecule has 6 heteroatoms. The van der Waals surface area contributed by atoms with Crippen molar-refractivity contribution in [2.75, 3.05) is 40.5 Å². The van der Waals surface area contributed by atoms with Gasteiger partial charge in [-0.25, -0.2) is 4.39 Å². The van der Waals surface area contributed by atoms with Crippen LogP contribution in [0.1, 0.15) is 24.8 Å². The number of carbonyl (C=O) groups is 1. The number of nitrogens with zero attached hydrogens (tertiary/aromatic N) is 1. The number of benzene rings is 1. The lowest BCUT2D eigenvalue weighted by Crippen LogP contribution is -2.52. The minimum absolute atomic E-state index is 0.0901. The maximum Gasteiger partial charge on any atom is 0.231 e. The second-order valence-electron chi connectivity index (χ2n) is 7.22. The predicted octanol–water partition coefficient (Wildman–Crippen LogP) is 1.71. The maximum absolute atomic E-state index is 14.2. The molecular formula is C19H27FN2O3. The molecule has 2 atom stereocenters. The van der Waals surface area contributed by atoms with Gasteiger partial charge in [0.1, 0.15) is 11.9 Å². The van der Waals surface area contributed by atoms with Gasteiger partial charge in [0.2, 0.25) is 5.91 Å². The highest BCUT2D eigenvalue weighted by Crippen LogP contribution is 2.49. The van der Waals surface area contributed by atoms with Crippen LogP contribution in [0, 0.1) is 5.82 Å². The van der Waals surface area contributed by atoms with Gasteiger partial charge in [-0.2, -0.15) is 0 Å². The number of amides is 1. The average Bonchev–Trinajstić information content (AvgIpc) is 3.38. The van der Waals surface area contributed by atoms with Crippen molar-refractivity contribution in [1.82, 2.24) is 10.2 Å². The van der Waals surface area contributed by atoms with Crippen LogP contribution >= 0.6 is 0 Å². The van der Waals surface area contributed by atoms with Crippen molar-refractivity contribution in [2.24, 2.45) is 0 Å². The van der Waals surface area contributed by atoms with E-state index >= 15 is 0 Å². The molecule has 5 nitrogen and oxygen atoms in total. The highest BCUT2D eigenvalue weighted by atomic mass is 19.1. The Bertz CT molecular complexity index is 604. The van der Waals surface area contributed by atoms with Crippen LogP contribution in [0.5, 0.6) is 0 Å². The van der Waals surface area contributed by atoms with Gasteiger partial charge in [-0.15, -0.1) is 0 Å². The minimum atomic E-state index is -0.710. The van der Waals surface area contributed by atoms with Crippen LogP contribution in [0.4, 0.5) is 4.39 Å². The lowest BCUT2D eigenvalue weighted by Gasteiger charge is -2.33. The summed E-state index contributed by atoms with van der Waals surface area (Å²) in [6.07, 6.45) is 1.93. The Morgan fingerprint density at radius 2 is 2.16 bits per heavy atom. The number of nitrogens with one attached hydrogen (secondary N) is 1. The van der Waals surface area contributed by atoms with Crippen molar-refractivity contribution >= 4 is 5.91 Å². The topological polar surface area (TPSA) is 50.8 Å². The van der Waals surface area contributed by atoms with E-state index in [0.29, 0.717) is 44.6 Å². The maximum atomic E-state index is 14.2. The van der Waals surface area contributed by atoms with Gasteiger partial charge in [0.25, 0.3) is 0 Å². The van der Waals surface area contributed by atoms with Crippen LogP contribution in [0.3, 0.4) is 0 Å². The van der Waals surface area contributed by atoms with Gasteiger partial charge in [-0.1, -0.05) is 18.2 Å². The highest BCUT2D eigenvalue weighted by Gasteiger charge is 2.53. The molecule has 1 amide bonds. The highest BCUT2D eigenvalue weighted by molar-refractivity contribution is 5.91. The first-order valence-electron chi connectivity index (χ1n) is 8.93. The predicted molar refractivity (Wildman–Crippen MR) is 93.0 cm³/mol. The molecule has 1 saturated heterocycles. The van der Waals surface area contributed by atoms with Gasteiger partial charge in [-0.05, 0) is 39.4 Å². The summed E-state index contributed by atoms with van der Waals surface area (Å²) in [5, 5.41) is 3.11. The average molecular weight is 350 g/mol. The van der Waals surface area contributed by atoms with Crippen LogP contribution in [0.2, 0.25) is 0 Å². The minimum Gasteiger partial charge on any atom is -0.379 e. The molecule has 2 fully saturated rings. The lowest BCUT2D eigenvalue weighted by molar-refractivity contribution is -0.128. The number of rotatable bonds is 7. The number of hydrogen-bond donors (Lipinski definition) is 1. The van der Waals surface area contributed by atoms with E-state index in [2.05, 4.69) is 10.2 Å². The molecule has 3 rings (SSSR count). The summed E-state index contributed by atoms with van der Waals surface area (Å²) in [5.74, 6) is -0.397. The largest absolute Gasteiger partial charge is 0.379 e. The molecule has 2 unspecified atom stereocenters. The molecule has 0 radical (unpaired) electrons. The molecule has 1 aliphatic heterocycles. The Morgan fingerprint density at radius 3 is 2.84 bits per heavy atom. The van der Waals surface area contributed by atoms with Gasteiger partial charge in [0, 0.05) is 18.7 Å². The number of halogens is 1. The van der Waals surface area contributed by atoms with Crippen molar-refractivity contribution in [3.8, 4) is 0 Å². The van der Waals surface area contributed by atoms with E-state index in [1.807, 2.05) is 14.1 Å². The van der Waals surface area contributed by atoms with E-state index in [9.17, 15) is 9.18 Å². The monoisotopic (exact) mass is 350 g/mol. The third-order valence-electron chi connectivity index (χ3n) is 5.07. The molecular weight excluding hydrogens is 323 g/mol. The molecule has 1 aromatic carbocycles. The molecule has 25 heavy (non-hydrogen) atoms. The van der Waals surface area contributed by atoms with Crippen molar-refractivity contribution in [1.29, 1.82) is 0 Å². The fraction of sp³-hybridized carbons (Fsp3) is 0.632. The third kappa shape index (κ3) is 4.19. The van der Waals surface area contributed by atoms with Gasteiger partial charge >= 0.3 is 0 Å². The number of ether oxygens (including phenoxy) is 2. The molecule has 1 saturated carbocycles. The first kappa shape index (κ1) is 18.3. The first-order valence-corrected chi connectivity index (χ1v) is 8.93. The van der Waals surface area contributed by atoms with E-state index in [1.54, 1.807) is 18.2 Å². The van der Waals surface area contributed by atoms with Gasteiger partial charge in [0.05, 0.1) is 24.7 Å². The Labute approximate surface area is 148 Å². The summed E-state index contributed by atoms with van der Waals surface area (Å²) in [7, 11) is 3.98. The number of hydrogen-bond acceptors (Lipinski definition) is 4. The Morgan fingerprint density at radius 1 is 1.40 bits per heavy atom. The Kier molecular flexibility index (Phi) is 5.71. The van der Waals surface area contributed by atoms with Crippen LogP contribution in [-0.2, 0) is 19.7 Å². The van der Waals surface area contributed by atoms with Crippen molar-refractivity contribution in [2.45, 2.75) is 36.8 Å². The van der Waals surface area contributed by atoms with E-state index in [0.717, 1.165) is 6.54 Å². The molecule has 2 aliphatic rings. The van der Waals surface area contributed by atoms with E-state index in [4.69, 9.17) is 9.47 Å². The van der Waals surface area contributed by atoms with Gasteiger partial charge in [-0.3, -0.25) is 4.79 Å². The molecule has 1 aliphatic carbocycles. The Balaban J connectivity index is 1.63. The third-order valence-corrected chi connectivity index (χ3v) is 5.07. The smallest absolute Gasteiger partial charge is 0.231 e. The van der Waals surface area contributed by atoms with Gasteiger partial charge in [0.15, 0.2) is 0 Å². The fourth-order valence-corrected chi connectivity index (χ4v) is 3.33. The van der Waals surface area contributed by atoms with Crippen LogP contribution in [0.15, 0.2) is 24.3 Å². The summed E-state index contributed by atoms with van der Waals surface area (Å²) >= 11 is 0. The molecule has 0 bridgehead atoms. The summed E-state index contributed by atoms with van der Waals surface area (Å²) in [4.78, 5) is 14.9. The quantitative estimate of drug-likeness (QED) is 0.813. The molecule has 138 valence electrons. The molecule has 1 N–H and O–H groups in total. The lowest BCUT2D eigenvalue weighted by atomic mass is 9.93. The molecule has 0 aromatic heterocycles. The zero-order valence-electron chi connectivity index (χ0n) is 15.0. The fourth-order valence-electron chi connectivity index (χ4n) is 3.33. The second kappa shape index (κ2) is 7.81.